The van der Waals surface area contributed by atoms with Gasteiger partial charge in [-0.1, -0.05) is 6.92 Å². The zero-order chi connectivity index (χ0) is 9.19. The predicted molar refractivity (Wildman–Crippen MR) is 53.8 cm³/mol. The molecule has 0 saturated carbocycles. The largest absolute Gasteiger partial charge is 0.428 e. The Balaban J connectivity index is 2.56. The van der Waals surface area contributed by atoms with Crippen LogP contribution >= 0.6 is 12.3 Å². The first-order valence-corrected chi connectivity index (χ1v) is 9.01. The number of nitrogens with zero attached hydrogens (tertiary/aromatic N) is 1. The Morgan fingerprint density at radius 2 is 2.25 bits per heavy atom. The van der Waals surface area contributed by atoms with Crippen molar-refractivity contribution >= 4 is 30.3 Å². The van der Waals surface area contributed by atoms with Gasteiger partial charge in [0.05, 0.1) is 0 Å². The molecule has 7 heteroatoms. The molecule has 0 aromatic rings. The van der Waals surface area contributed by atoms with E-state index in [1.807, 2.05) is 13.6 Å². The average molecular weight is 225 g/mol. The minimum atomic E-state index is -2.07. The molecular formula is C5H15NO3SSi2. The molecule has 2 unspecified atom stereocenters. The first-order valence-electron chi connectivity index (χ1n) is 3.98. The molecule has 0 bridgehead atoms. The molecule has 72 valence electrons. The van der Waals surface area contributed by atoms with Crippen LogP contribution in [0.15, 0.2) is 0 Å². The zero-order valence-electron chi connectivity index (χ0n) is 7.86. The average Bonchev–Trinajstić information content (AvgIpc) is 2.02. The molecule has 1 fully saturated rings. The fourth-order valence-corrected chi connectivity index (χ4v) is 7.67. The summed E-state index contributed by atoms with van der Waals surface area (Å²) < 4.78 is 18.6. The molecule has 1 heterocycles. The highest BCUT2D eigenvalue weighted by Crippen LogP contribution is 2.26. The third-order valence-electron chi connectivity index (χ3n) is 1.92. The van der Waals surface area contributed by atoms with Crippen molar-refractivity contribution in [2.75, 3.05) is 13.6 Å². The van der Waals surface area contributed by atoms with Gasteiger partial charge in [0, 0.05) is 0 Å². The van der Waals surface area contributed by atoms with Crippen LogP contribution in [0, 0.1) is 0 Å². The van der Waals surface area contributed by atoms with E-state index in [-0.39, 0.29) is 0 Å². The molecule has 1 aliphatic rings. The lowest BCUT2D eigenvalue weighted by atomic mass is 10.8. The van der Waals surface area contributed by atoms with Crippen molar-refractivity contribution in [3.8, 4) is 0 Å². The Morgan fingerprint density at radius 3 is 2.75 bits per heavy atom. The maximum atomic E-state index is 5.76. The quantitative estimate of drug-likeness (QED) is 0.516. The van der Waals surface area contributed by atoms with E-state index in [1.165, 1.54) is 0 Å². The van der Waals surface area contributed by atoms with Crippen molar-refractivity contribution in [1.82, 2.24) is 4.57 Å². The van der Waals surface area contributed by atoms with Crippen molar-refractivity contribution in [3.05, 3.63) is 0 Å². The maximum Gasteiger partial charge on any atom is 0.428 e. The lowest BCUT2D eigenvalue weighted by Gasteiger charge is -2.37. The molecule has 4 nitrogen and oxygen atoms in total. The Kier molecular flexibility index (Phi) is 3.77. The van der Waals surface area contributed by atoms with Crippen LogP contribution < -0.4 is 0 Å². The summed E-state index contributed by atoms with van der Waals surface area (Å²) in [6.45, 7) is 7.11. The maximum absolute atomic E-state index is 5.76. The van der Waals surface area contributed by atoms with Gasteiger partial charge in [0.2, 0.25) is 0 Å². The van der Waals surface area contributed by atoms with Crippen molar-refractivity contribution in [1.29, 1.82) is 0 Å². The second-order valence-corrected chi connectivity index (χ2v) is 9.05. The minimum absolute atomic E-state index is 0.949. The molecule has 0 amide bonds. The SMILES string of the molecule is CCN(C)[Si]1(C)OSO[SiH](C)O1. The van der Waals surface area contributed by atoms with Gasteiger partial charge in [-0.25, -0.2) is 0 Å². The molecule has 2 atom stereocenters. The van der Waals surface area contributed by atoms with Crippen LogP contribution in [-0.2, 0) is 11.9 Å². The topological polar surface area (TPSA) is 30.9 Å². The van der Waals surface area contributed by atoms with E-state index in [0.717, 1.165) is 18.9 Å². The molecule has 0 radical (unpaired) electrons. The lowest BCUT2D eigenvalue weighted by Crippen LogP contribution is -2.57. The highest BCUT2D eigenvalue weighted by Gasteiger charge is 2.43. The van der Waals surface area contributed by atoms with E-state index in [1.54, 1.807) is 0 Å². The normalized spacial score (nSPS) is 37.2. The van der Waals surface area contributed by atoms with Gasteiger partial charge >= 0.3 is 18.0 Å². The fourth-order valence-electron chi connectivity index (χ4n) is 0.926. The summed E-state index contributed by atoms with van der Waals surface area (Å²) in [4.78, 5) is 0. The second kappa shape index (κ2) is 4.22. The summed E-state index contributed by atoms with van der Waals surface area (Å²) in [7, 11) is -1.47. The molecule has 0 aliphatic carbocycles. The minimum Gasteiger partial charge on any atom is -0.404 e. The van der Waals surface area contributed by atoms with E-state index < -0.39 is 18.0 Å². The molecule has 1 aliphatic heterocycles. The standard InChI is InChI=1S/C5H15NO3SSi2/c1-5-6(2)12(4)8-10-7-11(3)9-12/h11H,5H2,1-4H3. The summed E-state index contributed by atoms with van der Waals surface area (Å²) in [5.74, 6) is 0. The number of hydrogen-bond donors (Lipinski definition) is 0. The van der Waals surface area contributed by atoms with Gasteiger partial charge in [-0.15, -0.1) is 0 Å². The van der Waals surface area contributed by atoms with Crippen LogP contribution in [0.3, 0.4) is 0 Å². The van der Waals surface area contributed by atoms with Gasteiger partial charge in [-0.2, -0.15) is 0 Å². The number of rotatable bonds is 2. The Hall–Kier alpha value is 0.624. The van der Waals surface area contributed by atoms with Gasteiger partial charge in [0.1, 0.15) is 12.3 Å². The van der Waals surface area contributed by atoms with E-state index in [9.17, 15) is 0 Å². The Morgan fingerprint density at radius 1 is 1.58 bits per heavy atom. The van der Waals surface area contributed by atoms with Crippen LogP contribution in [0.25, 0.3) is 0 Å². The van der Waals surface area contributed by atoms with Gasteiger partial charge in [-0.05, 0) is 26.7 Å². The first-order chi connectivity index (χ1) is 5.58. The summed E-state index contributed by atoms with van der Waals surface area (Å²) in [5.41, 5.74) is 0. The van der Waals surface area contributed by atoms with Crippen LogP contribution in [0.4, 0.5) is 0 Å². The zero-order valence-corrected chi connectivity index (χ0v) is 10.8. The molecule has 1 rings (SSSR count). The molecule has 0 N–H and O–H groups in total. The van der Waals surface area contributed by atoms with Gasteiger partial charge in [-0.3, -0.25) is 8.44 Å². The summed E-state index contributed by atoms with van der Waals surface area (Å²) in [5, 5.41) is 0. The highest BCUT2D eigenvalue weighted by atomic mass is 32.2. The summed E-state index contributed by atoms with van der Waals surface area (Å²) in [6, 6.07) is 0. The molecular weight excluding hydrogens is 210 g/mol. The Bertz CT molecular complexity index is 164. The van der Waals surface area contributed by atoms with Gasteiger partial charge in [0.25, 0.3) is 0 Å². The summed E-state index contributed by atoms with van der Waals surface area (Å²) >= 11 is 1.11. The lowest BCUT2D eigenvalue weighted by molar-refractivity contribution is 0.257. The smallest absolute Gasteiger partial charge is 0.404 e. The monoisotopic (exact) mass is 225 g/mol. The van der Waals surface area contributed by atoms with Crippen molar-refractivity contribution in [3.63, 3.8) is 0 Å². The van der Waals surface area contributed by atoms with Crippen molar-refractivity contribution < 1.29 is 11.9 Å². The summed E-state index contributed by atoms with van der Waals surface area (Å²) in [6.07, 6.45) is 0. The van der Waals surface area contributed by atoms with Crippen LogP contribution in [0.2, 0.25) is 13.1 Å². The Labute approximate surface area is 80.8 Å². The molecule has 0 aromatic heterocycles. The van der Waals surface area contributed by atoms with E-state index in [0.29, 0.717) is 0 Å². The molecule has 12 heavy (non-hydrogen) atoms. The van der Waals surface area contributed by atoms with Crippen molar-refractivity contribution in [2.24, 2.45) is 0 Å². The van der Waals surface area contributed by atoms with E-state index >= 15 is 0 Å². The van der Waals surface area contributed by atoms with Crippen LogP contribution in [0.1, 0.15) is 6.92 Å². The molecule has 0 aromatic carbocycles. The van der Waals surface area contributed by atoms with Crippen molar-refractivity contribution in [2.45, 2.75) is 20.0 Å². The molecule has 0 spiro atoms. The third-order valence-corrected chi connectivity index (χ3v) is 9.60. The van der Waals surface area contributed by atoms with Gasteiger partial charge < -0.3 is 7.99 Å². The second-order valence-electron chi connectivity index (χ2n) is 2.85. The third kappa shape index (κ3) is 2.31. The highest BCUT2D eigenvalue weighted by molar-refractivity contribution is 7.91. The molecule has 1 saturated heterocycles. The van der Waals surface area contributed by atoms with Crippen LogP contribution in [0.5, 0.6) is 0 Å². The van der Waals surface area contributed by atoms with Crippen LogP contribution in [-0.4, -0.2) is 36.2 Å². The van der Waals surface area contributed by atoms with E-state index in [4.69, 9.17) is 11.9 Å². The predicted octanol–water partition coefficient (Wildman–Crippen LogP) is 0.984. The van der Waals surface area contributed by atoms with Gasteiger partial charge in [0.15, 0.2) is 0 Å². The number of hydrogen-bond acceptors (Lipinski definition) is 5. The fraction of sp³-hybridized carbons (Fsp3) is 1.00. The first kappa shape index (κ1) is 10.7. The van der Waals surface area contributed by atoms with E-state index in [2.05, 4.69) is 18.0 Å².